The summed E-state index contributed by atoms with van der Waals surface area (Å²) in [5.74, 6) is -0.963. The zero-order chi connectivity index (χ0) is 27.6. The van der Waals surface area contributed by atoms with E-state index >= 15 is 0 Å². The maximum atomic E-state index is 13.4. The molecule has 0 aliphatic heterocycles. The third-order valence-electron chi connectivity index (χ3n) is 5.51. The van der Waals surface area contributed by atoms with Crippen molar-refractivity contribution in [1.82, 2.24) is 0 Å². The third-order valence-corrected chi connectivity index (χ3v) is 7.18. The van der Waals surface area contributed by atoms with Crippen LogP contribution in [0.1, 0.15) is 22.8 Å². The minimum absolute atomic E-state index is 0. The van der Waals surface area contributed by atoms with Gasteiger partial charge in [0.1, 0.15) is 16.3 Å². The van der Waals surface area contributed by atoms with Crippen molar-refractivity contribution in [3.05, 3.63) is 81.8 Å². The second kappa shape index (κ2) is 12.6. The molecular weight excluding hydrogens is 576 g/mol. The summed E-state index contributed by atoms with van der Waals surface area (Å²) in [7, 11) is -4.76. The number of carbonyl (C=O) groups excluding carboxylic acids is 1. The van der Waals surface area contributed by atoms with Gasteiger partial charge in [-0.15, -0.1) is 5.11 Å². The Bertz CT molecular complexity index is 1710. The van der Waals surface area contributed by atoms with Gasteiger partial charge < -0.3 is 15.2 Å². The standard InChI is InChI=1S/C26H21Cl2N3O6S.Na/c1-3-37-16-9-11-21(20(28)13-16)29-26(33)18-12-15-6-4-5-7-17(15)23(24(18)32)31-30-22-14(2)8-10-19(27)25(22)38(34,35)36;/h4-13,32H,3H2,1-2H3,(H,29,33)(H,34,35,36);/q;+1/p-1. The first-order valence-corrected chi connectivity index (χ1v) is 13.4. The smallest absolute Gasteiger partial charge is 0.870 e. The van der Waals surface area contributed by atoms with Gasteiger partial charge in [-0.2, -0.15) is 13.5 Å². The predicted molar refractivity (Wildman–Crippen MR) is 144 cm³/mol. The van der Waals surface area contributed by atoms with Gasteiger partial charge in [0.15, 0.2) is 0 Å². The van der Waals surface area contributed by atoms with Crippen LogP contribution < -0.4 is 44.7 Å². The Morgan fingerprint density at radius 2 is 1.72 bits per heavy atom. The number of benzene rings is 4. The molecule has 0 saturated carbocycles. The van der Waals surface area contributed by atoms with Crippen LogP contribution in [0.25, 0.3) is 10.8 Å². The zero-order valence-corrected chi connectivity index (χ0v) is 25.4. The molecule has 4 aromatic rings. The summed E-state index contributed by atoms with van der Waals surface area (Å²) in [5, 5.41) is 24.9. The van der Waals surface area contributed by atoms with Gasteiger partial charge in [0.05, 0.1) is 28.0 Å². The molecule has 0 fully saturated rings. The van der Waals surface area contributed by atoms with E-state index in [2.05, 4.69) is 15.5 Å². The number of rotatable bonds is 7. The van der Waals surface area contributed by atoms with E-state index in [0.717, 1.165) is 0 Å². The summed E-state index contributed by atoms with van der Waals surface area (Å²) in [6, 6.07) is 15.6. The second-order valence-electron chi connectivity index (χ2n) is 8.07. The molecule has 0 spiro atoms. The fraction of sp³-hybridized carbons (Fsp3) is 0.115. The van der Waals surface area contributed by atoms with Crippen LogP contribution in [-0.4, -0.2) is 25.5 Å². The maximum absolute atomic E-state index is 13.4. The summed E-state index contributed by atoms with van der Waals surface area (Å²) < 4.78 is 39.0. The van der Waals surface area contributed by atoms with Crippen molar-refractivity contribution in [2.24, 2.45) is 10.2 Å². The first kappa shape index (κ1) is 30.8. The number of halogens is 2. The first-order chi connectivity index (χ1) is 18.0. The van der Waals surface area contributed by atoms with Gasteiger partial charge in [-0.05, 0) is 49.1 Å². The number of azo groups is 1. The molecule has 9 nitrogen and oxygen atoms in total. The van der Waals surface area contributed by atoms with E-state index < -0.39 is 26.7 Å². The average molecular weight is 596 g/mol. The fourth-order valence-electron chi connectivity index (χ4n) is 3.74. The van der Waals surface area contributed by atoms with E-state index in [9.17, 15) is 22.9 Å². The second-order valence-corrected chi connectivity index (χ2v) is 10.2. The van der Waals surface area contributed by atoms with Gasteiger partial charge in [-0.1, -0.05) is 59.3 Å². The Balaban J connectivity index is 0.00000420. The number of hydrogen-bond acceptors (Lipinski definition) is 7. The summed E-state index contributed by atoms with van der Waals surface area (Å²) in [4.78, 5) is 12.5. The van der Waals surface area contributed by atoms with Crippen LogP contribution in [0, 0.1) is 6.92 Å². The molecule has 13 heteroatoms. The van der Waals surface area contributed by atoms with Crippen molar-refractivity contribution >= 4 is 67.1 Å². The largest absolute Gasteiger partial charge is 1.00 e. The van der Waals surface area contributed by atoms with Crippen molar-refractivity contribution in [3.8, 4) is 11.5 Å². The number of amides is 1. The molecule has 0 aliphatic carbocycles. The van der Waals surface area contributed by atoms with Crippen molar-refractivity contribution in [3.63, 3.8) is 0 Å². The van der Waals surface area contributed by atoms with E-state index in [1.54, 1.807) is 49.4 Å². The molecule has 0 radical (unpaired) electrons. The number of hydrogen-bond donors (Lipinski definition) is 2. The number of nitrogens with one attached hydrogen (secondary N) is 1. The monoisotopic (exact) mass is 595 g/mol. The maximum Gasteiger partial charge on any atom is 1.00 e. The van der Waals surface area contributed by atoms with Crippen LogP contribution >= 0.6 is 23.2 Å². The number of fused-ring (bicyclic) bond motifs is 1. The molecule has 0 saturated heterocycles. The van der Waals surface area contributed by atoms with E-state index in [1.807, 2.05) is 6.92 Å². The predicted octanol–water partition coefficient (Wildman–Crippen LogP) is 3.85. The van der Waals surface area contributed by atoms with Crippen LogP contribution in [-0.2, 0) is 10.1 Å². The zero-order valence-electron chi connectivity index (χ0n) is 21.0. The fourth-order valence-corrected chi connectivity index (χ4v) is 5.16. The van der Waals surface area contributed by atoms with Crippen LogP contribution in [0.4, 0.5) is 17.1 Å². The van der Waals surface area contributed by atoms with Gasteiger partial charge in [-0.3, -0.25) is 9.35 Å². The Hall–Kier alpha value is -2.70. The van der Waals surface area contributed by atoms with Crippen LogP contribution in [0.15, 0.2) is 75.8 Å². The van der Waals surface area contributed by atoms with Gasteiger partial charge in [0.2, 0.25) is 0 Å². The average Bonchev–Trinajstić information content (AvgIpc) is 2.86. The van der Waals surface area contributed by atoms with Gasteiger partial charge in [0.25, 0.3) is 16.0 Å². The van der Waals surface area contributed by atoms with E-state index in [-0.39, 0.29) is 62.2 Å². The Kier molecular flexibility index (Phi) is 10.0. The molecule has 0 atom stereocenters. The number of ether oxygens (including phenoxy) is 1. The number of aryl methyl sites for hydroxylation is 1. The third kappa shape index (κ3) is 6.72. The molecular formula is C26H20Cl2N3NaO6S. The molecule has 0 heterocycles. The van der Waals surface area contributed by atoms with E-state index in [4.69, 9.17) is 27.9 Å². The van der Waals surface area contributed by atoms with Crippen molar-refractivity contribution in [1.29, 1.82) is 0 Å². The quantitative estimate of drug-likeness (QED) is 0.189. The summed E-state index contributed by atoms with van der Waals surface area (Å²) in [6.45, 7) is 3.81. The Labute approximate surface area is 256 Å². The molecule has 196 valence electrons. The molecule has 1 amide bonds. The molecule has 0 bridgehead atoms. The molecule has 4 rings (SSSR count). The Morgan fingerprint density at radius 1 is 1.03 bits per heavy atom. The number of carbonyl (C=O) groups is 1. The van der Waals surface area contributed by atoms with Crippen molar-refractivity contribution in [2.75, 3.05) is 11.9 Å². The molecule has 0 unspecified atom stereocenters. The molecule has 39 heavy (non-hydrogen) atoms. The van der Waals surface area contributed by atoms with E-state index in [0.29, 0.717) is 28.7 Å². The Morgan fingerprint density at radius 3 is 2.38 bits per heavy atom. The molecule has 2 N–H and O–H groups in total. The summed E-state index contributed by atoms with van der Waals surface area (Å²) in [5.41, 5.74) is -0.0728. The summed E-state index contributed by atoms with van der Waals surface area (Å²) >= 11 is 12.3. The van der Waals surface area contributed by atoms with Gasteiger partial charge in [-0.25, -0.2) is 0 Å². The van der Waals surface area contributed by atoms with Crippen molar-refractivity contribution < 1.29 is 57.2 Å². The minimum Gasteiger partial charge on any atom is -0.870 e. The SMILES string of the molecule is CCOc1ccc(NC(=O)c2cc3ccccc3c(N=Nc3c(C)ccc(Cl)c3S(=O)(=O)O)c2[O-])c(Cl)c1.[Na+]. The van der Waals surface area contributed by atoms with Crippen molar-refractivity contribution in [2.45, 2.75) is 18.7 Å². The minimum atomic E-state index is -4.76. The molecule has 0 aromatic heterocycles. The van der Waals surface area contributed by atoms with Crippen LogP contribution in [0.3, 0.4) is 0 Å². The molecule has 4 aromatic carbocycles. The normalized spacial score (nSPS) is 11.4. The number of nitrogens with zero attached hydrogens (tertiary/aromatic N) is 2. The van der Waals surface area contributed by atoms with Crippen LogP contribution in [0.5, 0.6) is 11.5 Å². The molecule has 0 aliphatic rings. The van der Waals surface area contributed by atoms with Gasteiger partial charge in [0, 0.05) is 17.0 Å². The van der Waals surface area contributed by atoms with Crippen LogP contribution in [0.2, 0.25) is 10.0 Å². The summed E-state index contributed by atoms with van der Waals surface area (Å²) in [6.07, 6.45) is 0. The van der Waals surface area contributed by atoms with E-state index in [1.165, 1.54) is 18.2 Å². The number of anilines is 1. The van der Waals surface area contributed by atoms with Gasteiger partial charge >= 0.3 is 29.6 Å². The first-order valence-electron chi connectivity index (χ1n) is 11.2. The topological polar surface area (TPSA) is 140 Å².